The van der Waals surface area contributed by atoms with E-state index >= 15 is 0 Å². The lowest BCUT2D eigenvalue weighted by atomic mass is 9.73. The molecule has 2 fully saturated rings. The van der Waals surface area contributed by atoms with Gasteiger partial charge in [0.1, 0.15) is 0 Å². The molecule has 3 aromatic carbocycles. The third-order valence-corrected chi connectivity index (χ3v) is 7.55. The molecule has 3 amide bonds. The molecule has 7 nitrogen and oxygen atoms in total. The van der Waals surface area contributed by atoms with Gasteiger partial charge in [0, 0.05) is 5.69 Å². The number of benzene rings is 3. The van der Waals surface area contributed by atoms with Gasteiger partial charge in [0.05, 0.1) is 23.1 Å². The summed E-state index contributed by atoms with van der Waals surface area (Å²) < 4.78 is 5.17. The predicted molar refractivity (Wildman–Crippen MR) is 144 cm³/mol. The van der Waals surface area contributed by atoms with E-state index in [2.05, 4.69) is 17.4 Å². The fraction of sp³-hybridized carbons (Fsp3) is 0.290. The van der Waals surface area contributed by atoms with E-state index in [0.29, 0.717) is 24.2 Å². The zero-order chi connectivity index (χ0) is 26.8. The average molecular weight is 511 g/mol. The van der Waals surface area contributed by atoms with Crippen LogP contribution in [0.1, 0.15) is 52.2 Å². The molecule has 0 radical (unpaired) electrons. The van der Waals surface area contributed by atoms with Crippen molar-refractivity contribution in [3.05, 3.63) is 95.1 Å². The van der Waals surface area contributed by atoms with Crippen molar-refractivity contribution in [2.45, 2.75) is 39.0 Å². The van der Waals surface area contributed by atoms with Crippen LogP contribution in [0.15, 0.2) is 72.8 Å². The highest BCUT2D eigenvalue weighted by molar-refractivity contribution is 6.22. The third kappa shape index (κ3) is 5.09. The maximum absolute atomic E-state index is 13.3. The highest BCUT2D eigenvalue weighted by atomic mass is 16.5. The van der Waals surface area contributed by atoms with Gasteiger partial charge in [0.25, 0.3) is 5.91 Å². The van der Waals surface area contributed by atoms with E-state index in [1.54, 1.807) is 12.1 Å². The number of imide groups is 1. The molecule has 7 heteroatoms. The first kappa shape index (κ1) is 25.4. The Morgan fingerprint density at radius 1 is 0.895 bits per heavy atom. The van der Waals surface area contributed by atoms with Crippen LogP contribution < -0.4 is 10.2 Å². The van der Waals surface area contributed by atoms with Crippen molar-refractivity contribution in [1.29, 1.82) is 0 Å². The Bertz CT molecular complexity index is 1380. The number of rotatable bonds is 6. The summed E-state index contributed by atoms with van der Waals surface area (Å²) in [6.45, 7) is 3.43. The molecular formula is C31H30N2O5. The molecule has 0 unspecified atom stereocenters. The molecule has 3 atom stereocenters. The van der Waals surface area contributed by atoms with Crippen LogP contribution in [0.25, 0.3) is 0 Å². The molecular weight excluding hydrogens is 480 g/mol. The minimum absolute atomic E-state index is 0.176. The molecule has 1 aliphatic heterocycles. The number of amides is 3. The standard InChI is InChI=1S/C31H30N2O5/c1-19-8-15-27(20(2)16-19)32-28(34)18-38-31(37)22-9-12-24(13-10-22)33-29(35)25-14-11-23(17-26(25)30(33)36)21-6-4-3-5-7-21/h3-10,12-13,15-16,23,25-26H,11,14,17-18H2,1-2H3,(H,32,34)/t23-,25-,26-/m1/s1. The van der Waals surface area contributed by atoms with E-state index in [0.717, 1.165) is 17.5 Å². The Labute approximate surface area is 221 Å². The van der Waals surface area contributed by atoms with Gasteiger partial charge < -0.3 is 10.1 Å². The van der Waals surface area contributed by atoms with Crippen LogP contribution in [0.2, 0.25) is 0 Å². The molecule has 2 aliphatic rings. The Morgan fingerprint density at radius 2 is 1.61 bits per heavy atom. The van der Waals surface area contributed by atoms with Gasteiger partial charge in [0.2, 0.25) is 11.8 Å². The predicted octanol–water partition coefficient (Wildman–Crippen LogP) is 5.17. The van der Waals surface area contributed by atoms with Gasteiger partial charge in [0.15, 0.2) is 6.61 Å². The quantitative estimate of drug-likeness (QED) is 0.365. The Balaban J connectivity index is 1.20. The summed E-state index contributed by atoms with van der Waals surface area (Å²) in [5, 5.41) is 2.74. The molecule has 1 N–H and O–H groups in total. The van der Waals surface area contributed by atoms with Gasteiger partial charge >= 0.3 is 5.97 Å². The number of ether oxygens (including phenoxy) is 1. The topological polar surface area (TPSA) is 92.8 Å². The van der Waals surface area contributed by atoms with Gasteiger partial charge in [-0.25, -0.2) is 4.79 Å². The number of nitrogens with zero attached hydrogens (tertiary/aromatic N) is 1. The minimum Gasteiger partial charge on any atom is -0.452 e. The van der Waals surface area contributed by atoms with Crippen molar-refractivity contribution in [2.75, 3.05) is 16.8 Å². The number of carbonyl (C=O) groups excluding carboxylic acids is 4. The van der Waals surface area contributed by atoms with E-state index in [1.165, 1.54) is 22.6 Å². The second-order valence-electron chi connectivity index (χ2n) is 10.1. The molecule has 1 saturated carbocycles. The largest absolute Gasteiger partial charge is 0.452 e. The van der Waals surface area contributed by atoms with Crippen LogP contribution in [0, 0.1) is 25.7 Å². The first-order valence-corrected chi connectivity index (χ1v) is 12.9. The van der Waals surface area contributed by atoms with Crippen LogP contribution in [-0.2, 0) is 19.1 Å². The zero-order valence-electron chi connectivity index (χ0n) is 21.5. The first-order chi connectivity index (χ1) is 18.3. The van der Waals surface area contributed by atoms with Crippen LogP contribution >= 0.6 is 0 Å². The van der Waals surface area contributed by atoms with Crippen LogP contribution in [0.4, 0.5) is 11.4 Å². The molecule has 3 aromatic rings. The van der Waals surface area contributed by atoms with Gasteiger partial charge in [-0.05, 0) is 80.5 Å². The molecule has 0 bridgehead atoms. The van der Waals surface area contributed by atoms with Crippen LogP contribution in [-0.4, -0.2) is 30.3 Å². The summed E-state index contributed by atoms with van der Waals surface area (Å²) in [6.07, 6.45) is 2.21. The number of nitrogens with one attached hydrogen (secondary N) is 1. The number of aryl methyl sites for hydroxylation is 2. The molecule has 1 saturated heterocycles. The van der Waals surface area contributed by atoms with E-state index in [9.17, 15) is 19.2 Å². The number of carbonyl (C=O) groups is 4. The second-order valence-corrected chi connectivity index (χ2v) is 10.1. The number of fused-ring (bicyclic) bond motifs is 1. The summed E-state index contributed by atoms with van der Waals surface area (Å²) in [4.78, 5) is 52.4. The molecule has 0 spiro atoms. The number of hydrogen-bond acceptors (Lipinski definition) is 5. The lowest BCUT2D eigenvalue weighted by Gasteiger charge is -2.28. The van der Waals surface area contributed by atoms with Gasteiger partial charge in [-0.1, -0.05) is 48.0 Å². The number of esters is 1. The Kier molecular flexibility index (Phi) is 7.09. The van der Waals surface area contributed by atoms with Gasteiger partial charge in [-0.15, -0.1) is 0 Å². The van der Waals surface area contributed by atoms with Crippen molar-refractivity contribution in [3.63, 3.8) is 0 Å². The normalized spacial score (nSPS) is 20.7. The van der Waals surface area contributed by atoms with Crippen molar-refractivity contribution < 1.29 is 23.9 Å². The fourth-order valence-corrected chi connectivity index (χ4v) is 5.56. The molecule has 1 heterocycles. The summed E-state index contributed by atoms with van der Waals surface area (Å²) in [5.41, 5.74) is 4.54. The van der Waals surface area contributed by atoms with Gasteiger partial charge in [-0.3, -0.25) is 19.3 Å². The van der Waals surface area contributed by atoms with Crippen LogP contribution in [0.3, 0.4) is 0 Å². The maximum Gasteiger partial charge on any atom is 0.338 e. The van der Waals surface area contributed by atoms with Crippen molar-refractivity contribution in [1.82, 2.24) is 0 Å². The fourth-order valence-electron chi connectivity index (χ4n) is 5.56. The van der Waals surface area contributed by atoms with Crippen molar-refractivity contribution in [3.8, 4) is 0 Å². The summed E-state index contributed by atoms with van der Waals surface area (Å²) in [6, 6.07) is 22.0. The molecule has 5 rings (SSSR count). The lowest BCUT2D eigenvalue weighted by Crippen LogP contribution is -2.30. The maximum atomic E-state index is 13.3. The van der Waals surface area contributed by atoms with E-state index in [4.69, 9.17) is 4.74 Å². The zero-order valence-corrected chi connectivity index (χ0v) is 21.5. The van der Waals surface area contributed by atoms with Crippen molar-refractivity contribution >= 4 is 35.1 Å². The molecule has 0 aromatic heterocycles. The summed E-state index contributed by atoms with van der Waals surface area (Å²) in [7, 11) is 0. The van der Waals surface area contributed by atoms with Gasteiger partial charge in [-0.2, -0.15) is 0 Å². The SMILES string of the molecule is Cc1ccc(NC(=O)COC(=O)c2ccc(N3C(=O)[C@@H]4CC[C@@H](c5ccccc5)C[C@H]4C3=O)cc2)c(C)c1. The summed E-state index contributed by atoms with van der Waals surface area (Å²) in [5.74, 6) is -1.83. The number of anilines is 2. The monoisotopic (exact) mass is 510 g/mol. The summed E-state index contributed by atoms with van der Waals surface area (Å²) >= 11 is 0. The highest BCUT2D eigenvalue weighted by Crippen LogP contribution is 2.45. The molecule has 194 valence electrons. The number of hydrogen-bond donors (Lipinski definition) is 1. The highest BCUT2D eigenvalue weighted by Gasteiger charge is 2.50. The minimum atomic E-state index is -0.661. The van der Waals surface area contributed by atoms with E-state index in [1.807, 2.05) is 50.2 Å². The Morgan fingerprint density at radius 3 is 2.32 bits per heavy atom. The smallest absolute Gasteiger partial charge is 0.338 e. The van der Waals surface area contributed by atoms with E-state index in [-0.39, 0.29) is 35.1 Å². The Hall–Kier alpha value is -4.26. The van der Waals surface area contributed by atoms with Crippen molar-refractivity contribution in [2.24, 2.45) is 11.8 Å². The van der Waals surface area contributed by atoms with E-state index < -0.39 is 18.5 Å². The third-order valence-electron chi connectivity index (χ3n) is 7.55. The molecule has 1 aliphatic carbocycles. The average Bonchev–Trinajstić information content (AvgIpc) is 3.18. The molecule has 38 heavy (non-hydrogen) atoms. The second kappa shape index (κ2) is 10.6. The van der Waals surface area contributed by atoms with Crippen LogP contribution in [0.5, 0.6) is 0 Å². The first-order valence-electron chi connectivity index (χ1n) is 12.9. The lowest BCUT2D eigenvalue weighted by molar-refractivity contribution is -0.122.